The van der Waals surface area contributed by atoms with Gasteiger partial charge in [-0.15, -0.1) is 0 Å². The minimum atomic E-state index is -4.02. The lowest BCUT2D eigenvalue weighted by Gasteiger charge is -2.23. The Morgan fingerprint density at radius 1 is 0.917 bits per heavy atom. The van der Waals surface area contributed by atoms with Crippen LogP contribution in [-0.2, 0) is 0 Å². The lowest BCUT2D eigenvalue weighted by atomic mass is 10.0. The Hall–Kier alpha value is -0.800. The smallest absolute Gasteiger partial charge is 0.199 e. The van der Waals surface area contributed by atoms with E-state index >= 15 is 0 Å². The van der Waals surface area contributed by atoms with Gasteiger partial charge in [0.2, 0.25) is 0 Å². The number of hydrogen-bond donors (Lipinski definition) is 0. The lowest BCUT2D eigenvalue weighted by Crippen LogP contribution is -2.38. The van der Waals surface area contributed by atoms with Gasteiger partial charge in [0.15, 0.2) is 0 Å². The first-order valence-corrected chi connectivity index (χ1v) is 3.54. The van der Waals surface area contributed by atoms with Gasteiger partial charge in [0.25, 0.3) is 0 Å². The molecule has 0 saturated heterocycles. The van der Waals surface area contributed by atoms with Crippen molar-refractivity contribution in [2.45, 2.75) is 24.7 Å². The molecule has 1 aliphatic rings. The molecule has 0 bridgehead atoms. The summed E-state index contributed by atoms with van der Waals surface area (Å²) in [6.45, 7) is 0. The quantitative estimate of drug-likeness (QED) is 0.396. The molecule has 0 aromatic carbocycles. The van der Waals surface area contributed by atoms with Crippen LogP contribution in [-0.4, -0.2) is 11.8 Å². The lowest BCUT2D eigenvalue weighted by molar-refractivity contribution is -0.176. The summed E-state index contributed by atoms with van der Waals surface area (Å²) in [4.78, 5) is 0. The van der Waals surface area contributed by atoms with Crippen molar-refractivity contribution in [3.05, 3.63) is 24.3 Å². The highest BCUT2D eigenvalue weighted by Gasteiger charge is 2.53. The predicted molar refractivity (Wildman–Crippen MR) is 37.4 cm³/mol. The molecule has 0 nitrogen and oxygen atoms in total. The fourth-order valence-electron chi connectivity index (χ4n) is 0.880. The predicted octanol–water partition coefficient (Wildman–Crippen LogP) is 3.16. The molecule has 0 spiro atoms. The Labute approximate surface area is 67.6 Å². The Morgan fingerprint density at radius 3 is 2.25 bits per heavy atom. The van der Waals surface area contributed by atoms with Gasteiger partial charge in [-0.2, -0.15) is 17.6 Å². The van der Waals surface area contributed by atoms with Crippen LogP contribution in [0.3, 0.4) is 0 Å². The van der Waals surface area contributed by atoms with Crippen molar-refractivity contribution in [2.75, 3.05) is 0 Å². The molecule has 1 rings (SSSR count). The third-order valence-corrected chi connectivity index (χ3v) is 1.63. The molecule has 0 saturated carbocycles. The molecule has 4 heteroatoms. The van der Waals surface area contributed by atoms with Crippen LogP contribution in [0.4, 0.5) is 17.6 Å². The summed E-state index contributed by atoms with van der Waals surface area (Å²) < 4.78 is 50.2. The van der Waals surface area contributed by atoms with Gasteiger partial charge in [0.1, 0.15) is 0 Å². The van der Waals surface area contributed by atoms with E-state index in [1.54, 1.807) is 0 Å². The second kappa shape index (κ2) is 2.92. The summed E-state index contributed by atoms with van der Waals surface area (Å²) in [5.41, 5.74) is 0. The summed E-state index contributed by atoms with van der Waals surface area (Å²) in [6.07, 6.45) is 3.23. The molecule has 0 aliphatic heterocycles. The molecule has 68 valence electrons. The van der Waals surface area contributed by atoms with E-state index < -0.39 is 18.3 Å². The van der Waals surface area contributed by atoms with Crippen molar-refractivity contribution < 1.29 is 17.6 Å². The SMILES string of the molecule is FC1(F)/C=C\C/C=C\CC1(F)F. The molecule has 0 N–H and O–H groups in total. The Kier molecular flexibility index (Phi) is 2.26. The maximum absolute atomic E-state index is 12.6. The zero-order valence-corrected chi connectivity index (χ0v) is 6.24. The van der Waals surface area contributed by atoms with Crippen LogP contribution < -0.4 is 0 Å². The zero-order chi connectivity index (χ0) is 9.24. The van der Waals surface area contributed by atoms with Gasteiger partial charge in [-0.05, 0) is 12.5 Å². The molecular weight excluding hydrogens is 172 g/mol. The summed E-state index contributed by atoms with van der Waals surface area (Å²) in [5, 5.41) is 0. The third-order valence-electron chi connectivity index (χ3n) is 1.63. The van der Waals surface area contributed by atoms with Gasteiger partial charge >= 0.3 is 11.8 Å². The first kappa shape index (κ1) is 9.29. The van der Waals surface area contributed by atoms with E-state index in [1.807, 2.05) is 0 Å². The van der Waals surface area contributed by atoms with Crippen LogP contribution in [0.5, 0.6) is 0 Å². The van der Waals surface area contributed by atoms with Crippen molar-refractivity contribution in [1.29, 1.82) is 0 Å². The molecular formula is C8H8F4. The molecule has 0 radical (unpaired) electrons. The topological polar surface area (TPSA) is 0 Å². The van der Waals surface area contributed by atoms with Crippen LogP contribution >= 0.6 is 0 Å². The Morgan fingerprint density at radius 2 is 1.58 bits per heavy atom. The minimum absolute atomic E-state index is 0.274. The van der Waals surface area contributed by atoms with Crippen LogP contribution in [0.2, 0.25) is 0 Å². The first-order chi connectivity index (χ1) is 5.46. The molecule has 0 amide bonds. The summed E-state index contributed by atoms with van der Waals surface area (Å²) in [7, 11) is 0. The minimum Gasteiger partial charge on any atom is -0.199 e. The number of rotatable bonds is 0. The summed E-state index contributed by atoms with van der Waals surface area (Å²) in [5.74, 6) is -7.97. The maximum Gasteiger partial charge on any atom is 0.328 e. The van der Waals surface area contributed by atoms with Crippen molar-refractivity contribution in [3.63, 3.8) is 0 Å². The van der Waals surface area contributed by atoms with E-state index in [4.69, 9.17) is 0 Å². The van der Waals surface area contributed by atoms with Crippen LogP contribution in [0.25, 0.3) is 0 Å². The van der Waals surface area contributed by atoms with Gasteiger partial charge in [-0.1, -0.05) is 18.2 Å². The van der Waals surface area contributed by atoms with Crippen molar-refractivity contribution in [3.8, 4) is 0 Å². The molecule has 0 aromatic heterocycles. The van der Waals surface area contributed by atoms with Gasteiger partial charge < -0.3 is 0 Å². The standard InChI is InChI=1S/C8H8F4/c9-7(10)5-3-1-2-4-6-8(7,11)12/h1,3-4,6H,2,5H2/b3-1-,6-4-. The molecule has 1 aliphatic carbocycles. The summed E-state index contributed by atoms with van der Waals surface area (Å²) >= 11 is 0. The van der Waals surface area contributed by atoms with Crippen molar-refractivity contribution >= 4 is 0 Å². The van der Waals surface area contributed by atoms with E-state index in [0.29, 0.717) is 0 Å². The number of hydrogen-bond acceptors (Lipinski definition) is 0. The van der Waals surface area contributed by atoms with Crippen molar-refractivity contribution in [1.82, 2.24) is 0 Å². The molecule has 0 atom stereocenters. The van der Waals surface area contributed by atoms with Gasteiger partial charge in [0.05, 0.1) is 0 Å². The zero-order valence-electron chi connectivity index (χ0n) is 6.24. The molecule has 0 heterocycles. The average molecular weight is 180 g/mol. The highest BCUT2D eigenvalue weighted by molar-refractivity contribution is 5.10. The average Bonchev–Trinajstić information content (AvgIpc) is 1.94. The number of halogens is 4. The monoisotopic (exact) mass is 180 g/mol. The van der Waals surface area contributed by atoms with E-state index in [-0.39, 0.29) is 12.5 Å². The fraction of sp³-hybridized carbons (Fsp3) is 0.500. The number of allylic oxidation sites excluding steroid dienone is 4. The second-order valence-corrected chi connectivity index (χ2v) is 2.64. The largest absolute Gasteiger partial charge is 0.328 e. The van der Waals surface area contributed by atoms with E-state index in [2.05, 4.69) is 0 Å². The highest BCUT2D eigenvalue weighted by atomic mass is 19.3. The van der Waals surface area contributed by atoms with Crippen molar-refractivity contribution in [2.24, 2.45) is 0 Å². The Balaban J connectivity index is 2.90. The second-order valence-electron chi connectivity index (χ2n) is 2.64. The van der Waals surface area contributed by atoms with E-state index in [0.717, 1.165) is 12.2 Å². The maximum atomic E-state index is 12.6. The highest BCUT2D eigenvalue weighted by Crippen LogP contribution is 2.39. The van der Waals surface area contributed by atoms with E-state index in [1.165, 1.54) is 6.08 Å². The Bertz CT molecular complexity index is 215. The van der Waals surface area contributed by atoms with E-state index in [9.17, 15) is 17.6 Å². The normalized spacial score (nSPS) is 31.7. The molecule has 0 aromatic rings. The van der Waals surface area contributed by atoms with Gasteiger partial charge in [0, 0.05) is 6.42 Å². The van der Waals surface area contributed by atoms with Gasteiger partial charge in [-0.25, -0.2) is 0 Å². The summed E-state index contributed by atoms with van der Waals surface area (Å²) in [6, 6.07) is 0. The van der Waals surface area contributed by atoms with Gasteiger partial charge in [-0.3, -0.25) is 0 Å². The molecule has 0 fully saturated rings. The van der Waals surface area contributed by atoms with Crippen LogP contribution in [0.1, 0.15) is 12.8 Å². The first-order valence-electron chi connectivity index (χ1n) is 3.54. The van der Waals surface area contributed by atoms with Crippen LogP contribution in [0.15, 0.2) is 24.3 Å². The third kappa shape index (κ3) is 1.68. The molecule has 0 unspecified atom stereocenters. The molecule has 12 heavy (non-hydrogen) atoms. The fourth-order valence-corrected chi connectivity index (χ4v) is 0.880. The number of alkyl halides is 4. The van der Waals surface area contributed by atoms with Crippen LogP contribution in [0, 0.1) is 0 Å².